The molecule has 0 bridgehead atoms. The van der Waals surface area contributed by atoms with E-state index in [1.165, 1.54) is 5.39 Å². The molecule has 0 atom stereocenters. The first-order valence-electron chi connectivity index (χ1n) is 23.3. The van der Waals surface area contributed by atoms with Crippen LogP contribution in [-0.4, -0.2) is 15.0 Å². The van der Waals surface area contributed by atoms with Gasteiger partial charge in [-0.15, -0.1) is 0 Å². The lowest BCUT2D eigenvalue weighted by atomic mass is 9.89. The van der Waals surface area contributed by atoms with Gasteiger partial charge in [0.15, 0.2) is 5.82 Å². The molecule has 0 spiro atoms. The molecule has 3 heterocycles. The molecule has 13 rings (SSSR count). The Morgan fingerprint density at radius 1 is 0.261 bits per heavy atom. The molecule has 10 aromatic carbocycles. The molecule has 3 aromatic heterocycles. The van der Waals surface area contributed by atoms with E-state index in [4.69, 9.17) is 19.4 Å². The molecule has 0 radical (unpaired) electrons. The molecule has 0 saturated carbocycles. The molecule has 0 aliphatic heterocycles. The van der Waals surface area contributed by atoms with Gasteiger partial charge < -0.3 is 4.42 Å². The van der Waals surface area contributed by atoms with Crippen LogP contribution in [0.1, 0.15) is 0 Å². The van der Waals surface area contributed by atoms with Crippen LogP contribution in [0.25, 0.3) is 133 Å². The van der Waals surface area contributed by atoms with E-state index in [2.05, 4.69) is 231 Å². The van der Waals surface area contributed by atoms with Crippen LogP contribution < -0.4 is 0 Å². The van der Waals surface area contributed by atoms with E-state index in [0.717, 1.165) is 122 Å². The summed E-state index contributed by atoms with van der Waals surface area (Å²) in [4.78, 5) is 15.8. The third kappa shape index (κ3) is 7.32. The molecule has 4 heteroatoms. The number of benzene rings is 10. The summed E-state index contributed by atoms with van der Waals surface area (Å²) in [5.41, 5.74) is 18.5. The molecule has 0 N–H and O–H groups in total. The normalized spacial score (nSPS) is 11.5. The summed E-state index contributed by atoms with van der Waals surface area (Å²) in [7, 11) is 0. The zero-order chi connectivity index (χ0) is 45.7. The first kappa shape index (κ1) is 40.1. The van der Waals surface area contributed by atoms with Crippen LogP contribution in [0.4, 0.5) is 0 Å². The average Bonchev–Trinajstić information content (AvgIpc) is 3.81. The van der Waals surface area contributed by atoms with E-state index in [0.29, 0.717) is 5.82 Å². The van der Waals surface area contributed by atoms with E-state index >= 15 is 0 Å². The summed E-state index contributed by atoms with van der Waals surface area (Å²) in [6.45, 7) is 0. The van der Waals surface area contributed by atoms with Crippen molar-refractivity contribution in [3.05, 3.63) is 249 Å². The number of hydrogen-bond donors (Lipinski definition) is 0. The monoisotopic (exact) mass is 879 g/mol. The molecular formula is C65H41N3O. The van der Waals surface area contributed by atoms with E-state index in [-0.39, 0.29) is 0 Å². The van der Waals surface area contributed by atoms with Gasteiger partial charge in [0.25, 0.3) is 0 Å². The highest BCUT2D eigenvalue weighted by Crippen LogP contribution is 2.46. The van der Waals surface area contributed by atoms with Gasteiger partial charge in [0.1, 0.15) is 11.2 Å². The summed E-state index contributed by atoms with van der Waals surface area (Å²) in [6.07, 6.45) is 0. The Balaban J connectivity index is 0.894. The van der Waals surface area contributed by atoms with Crippen molar-refractivity contribution >= 4 is 43.6 Å². The number of nitrogens with zero attached hydrogens (tertiary/aromatic N) is 3. The van der Waals surface area contributed by atoms with Crippen molar-refractivity contribution in [1.82, 2.24) is 15.0 Å². The fourth-order valence-electron chi connectivity index (χ4n) is 9.91. The molecule has 322 valence electrons. The molecule has 4 nitrogen and oxygen atoms in total. The molecule has 0 aliphatic rings. The minimum absolute atomic E-state index is 0.678. The van der Waals surface area contributed by atoms with Gasteiger partial charge in [0.05, 0.1) is 22.6 Å². The fourth-order valence-corrected chi connectivity index (χ4v) is 9.91. The molecule has 0 amide bonds. The fraction of sp³-hybridized carbons (Fsp3) is 0. The van der Waals surface area contributed by atoms with E-state index in [1.54, 1.807) is 0 Å². The van der Waals surface area contributed by atoms with Gasteiger partial charge in [-0.3, -0.25) is 0 Å². The first-order valence-corrected chi connectivity index (χ1v) is 23.3. The van der Waals surface area contributed by atoms with Crippen LogP contribution in [-0.2, 0) is 0 Å². The van der Waals surface area contributed by atoms with Crippen molar-refractivity contribution in [1.29, 1.82) is 0 Å². The van der Waals surface area contributed by atoms with Crippen LogP contribution in [0.15, 0.2) is 253 Å². The van der Waals surface area contributed by atoms with Gasteiger partial charge in [0.2, 0.25) is 0 Å². The van der Waals surface area contributed by atoms with Crippen LogP contribution in [0.5, 0.6) is 0 Å². The highest BCUT2D eigenvalue weighted by atomic mass is 16.3. The number of fused-ring (bicyclic) bond motifs is 6. The van der Waals surface area contributed by atoms with Crippen molar-refractivity contribution < 1.29 is 4.42 Å². The maximum atomic E-state index is 6.61. The Morgan fingerprint density at radius 2 is 0.739 bits per heavy atom. The van der Waals surface area contributed by atoms with Gasteiger partial charge in [0, 0.05) is 54.7 Å². The summed E-state index contributed by atoms with van der Waals surface area (Å²) in [5, 5.41) is 5.56. The largest absolute Gasteiger partial charge is 0.456 e. The van der Waals surface area contributed by atoms with Gasteiger partial charge in [-0.25, -0.2) is 15.0 Å². The second-order valence-electron chi connectivity index (χ2n) is 17.5. The zero-order valence-electron chi connectivity index (χ0n) is 37.4. The SMILES string of the molecule is c1ccc(-c2cccc(-c3cc(-c4ccc(-c5ccc(-c6nc7ccccc7c7c(-c8ccccc8)c8c(cc67)oc6ccccc68)cc5)cc4)nc(-c4cccc(-c5ccccc5)c4)n3)c2)cc1. The number of furan rings is 1. The average molecular weight is 880 g/mol. The smallest absolute Gasteiger partial charge is 0.160 e. The molecular weight excluding hydrogens is 839 g/mol. The van der Waals surface area contributed by atoms with Crippen molar-refractivity contribution in [2.24, 2.45) is 0 Å². The number of hydrogen-bond acceptors (Lipinski definition) is 4. The highest BCUT2D eigenvalue weighted by molar-refractivity contribution is 6.27. The van der Waals surface area contributed by atoms with Crippen molar-refractivity contribution in [2.45, 2.75) is 0 Å². The third-order valence-corrected chi connectivity index (χ3v) is 13.3. The highest BCUT2D eigenvalue weighted by Gasteiger charge is 2.22. The van der Waals surface area contributed by atoms with Gasteiger partial charge in [-0.1, -0.05) is 212 Å². The quantitative estimate of drug-likeness (QED) is 0.143. The van der Waals surface area contributed by atoms with E-state index in [9.17, 15) is 0 Å². The predicted molar refractivity (Wildman–Crippen MR) is 286 cm³/mol. The molecule has 0 saturated heterocycles. The second kappa shape index (κ2) is 16.9. The molecule has 0 aliphatic carbocycles. The predicted octanol–water partition coefficient (Wildman–Crippen LogP) is 17.4. The summed E-state index contributed by atoms with van der Waals surface area (Å²) < 4.78 is 6.61. The topological polar surface area (TPSA) is 51.8 Å². The van der Waals surface area contributed by atoms with E-state index < -0.39 is 0 Å². The second-order valence-corrected chi connectivity index (χ2v) is 17.5. The molecule has 0 unspecified atom stereocenters. The molecule has 13 aromatic rings. The minimum Gasteiger partial charge on any atom is -0.456 e. The van der Waals surface area contributed by atoms with Gasteiger partial charge >= 0.3 is 0 Å². The first-order chi connectivity index (χ1) is 34.2. The summed E-state index contributed by atoms with van der Waals surface area (Å²) in [5.74, 6) is 0.678. The van der Waals surface area contributed by atoms with Crippen LogP contribution >= 0.6 is 0 Å². The maximum Gasteiger partial charge on any atom is 0.160 e. The Labute approximate surface area is 399 Å². The maximum absolute atomic E-state index is 6.61. The number of pyridine rings is 1. The lowest BCUT2D eigenvalue weighted by Gasteiger charge is -2.16. The standard InChI is InChI=1S/C65H41N3O/c1-4-16-42(17-5-1)49-22-14-24-51(38-49)58-41-57(67-65(68-58)52-25-15-23-50(39-52)43-18-6-2-7-19-43)46-34-30-44(31-35-46)45-32-36-48(37-33-45)64-55-40-60-63(54-27-11-13-29-59(54)69-60)61(47-20-8-3-9-21-47)62(55)53-26-10-12-28-56(53)66-64/h1-41H. The lowest BCUT2D eigenvalue weighted by Crippen LogP contribution is -1.96. The van der Waals surface area contributed by atoms with Crippen LogP contribution in [0.2, 0.25) is 0 Å². The summed E-state index contributed by atoms with van der Waals surface area (Å²) >= 11 is 0. The van der Waals surface area contributed by atoms with Crippen molar-refractivity contribution in [3.63, 3.8) is 0 Å². The molecule has 69 heavy (non-hydrogen) atoms. The van der Waals surface area contributed by atoms with Crippen LogP contribution in [0, 0.1) is 0 Å². The van der Waals surface area contributed by atoms with Crippen LogP contribution in [0.3, 0.4) is 0 Å². The van der Waals surface area contributed by atoms with Crippen molar-refractivity contribution in [3.8, 4) is 89.7 Å². The lowest BCUT2D eigenvalue weighted by molar-refractivity contribution is 0.669. The Bertz CT molecular complexity index is 3930. The summed E-state index contributed by atoms with van der Waals surface area (Å²) in [6, 6.07) is 87.4. The van der Waals surface area contributed by atoms with Gasteiger partial charge in [-0.05, 0) is 75.3 Å². The van der Waals surface area contributed by atoms with Crippen molar-refractivity contribution in [2.75, 3.05) is 0 Å². The van der Waals surface area contributed by atoms with Gasteiger partial charge in [-0.2, -0.15) is 0 Å². The number of rotatable bonds is 8. The zero-order valence-corrected chi connectivity index (χ0v) is 37.4. The number of para-hydroxylation sites is 2. The molecule has 0 fully saturated rings. The Morgan fingerprint density at radius 3 is 1.41 bits per heavy atom. The van der Waals surface area contributed by atoms with E-state index in [1.807, 2.05) is 18.2 Å². The number of aromatic nitrogens is 3. The third-order valence-electron chi connectivity index (χ3n) is 13.3. The Hall–Kier alpha value is -9.25. The Kier molecular flexibility index (Phi) is 9.80. The minimum atomic E-state index is 0.678.